The molecular formula is C14H16N2O. The van der Waals surface area contributed by atoms with Crippen LogP contribution in [0.3, 0.4) is 0 Å². The van der Waals surface area contributed by atoms with Gasteiger partial charge in [0.15, 0.2) is 0 Å². The van der Waals surface area contributed by atoms with Gasteiger partial charge in [-0.05, 0) is 42.5 Å². The van der Waals surface area contributed by atoms with E-state index in [0.29, 0.717) is 6.61 Å². The maximum Gasteiger partial charge on any atom is 0.119 e. The third-order valence-electron chi connectivity index (χ3n) is 3.25. The number of ether oxygens (including phenoxy) is 1. The number of rotatable bonds is 4. The van der Waals surface area contributed by atoms with Gasteiger partial charge in [-0.3, -0.25) is 0 Å². The summed E-state index contributed by atoms with van der Waals surface area (Å²) >= 11 is 0. The van der Waals surface area contributed by atoms with Crippen molar-refractivity contribution in [3.05, 3.63) is 48.0 Å². The summed E-state index contributed by atoms with van der Waals surface area (Å²) in [5, 5.41) is 0. The van der Waals surface area contributed by atoms with Crippen LogP contribution in [0.4, 0.5) is 0 Å². The number of hydrogen-bond donors (Lipinski definition) is 0. The van der Waals surface area contributed by atoms with Crippen LogP contribution < -0.4 is 4.74 Å². The Bertz CT molecular complexity index is 491. The Morgan fingerprint density at radius 3 is 3.06 bits per heavy atom. The topological polar surface area (TPSA) is 27.1 Å². The Morgan fingerprint density at radius 1 is 1.24 bits per heavy atom. The van der Waals surface area contributed by atoms with Gasteiger partial charge >= 0.3 is 0 Å². The largest absolute Gasteiger partial charge is 0.492 e. The van der Waals surface area contributed by atoms with Crippen LogP contribution in [0, 0.1) is 0 Å². The van der Waals surface area contributed by atoms with Gasteiger partial charge in [0.05, 0.1) is 12.9 Å². The van der Waals surface area contributed by atoms with Crippen molar-refractivity contribution < 1.29 is 4.74 Å². The zero-order chi connectivity index (χ0) is 11.5. The van der Waals surface area contributed by atoms with E-state index in [9.17, 15) is 0 Å². The number of aryl methyl sites for hydroxylation is 2. The highest BCUT2D eigenvalue weighted by atomic mass is 16.5. The third-order valence-corrected chi connectivity index (χ3v) is 3.25. The quantitative estimate of drug-likeness (QED) is 0.803. The molecule has 0 radical (unpaired) electrons. The van der Waals surface area contributed by atoms with E-state index < -0.39 is 0 Å². The molecule has 0 fully saturated rings. The first kappa shape index (κ1) is 10.4. The van der Waals surface area contributed by atoms with E-state index in [0.717, 1.165) is 12.3 Å². The average Bonchev–Trinajstić information content (AvgIpc) is 2.98. The summed E-state index contributed by atoms with van der Waals surface area (Å²) in [7, 11) is 0. The highest BCUT2D eigenvalue weighted by Crippen LogP contribution is 2.25. The minimum atomic E-state index is 0.690. The number of benzene rings is 1. The highest BCUT2D eigenvalue weighted by molar-refractivity contribution is 5.38. The molecule has 88 valence electrons. The molecule has 3 heteroatoms. The molecule has 1 aromatic carbocycles. The van der Waals surface area contributed by atoms with Crippen LogP contribution >= 0.6 is 0 Å². The van der Waals surface area contributed by atoms with Crippen LogP contribution in [0.15, 0.2) is 36.9 Å². The lowest BCUT2D eigenvalue weighted by Gasteiger charge is -2.08. The van der Waals surface area contributed by atoms with Gasteiger partial charge in [-0.25, -0.2) is 4.98 Å². The van der Waals surface area contributed by atoms with Crippen LogP contribution in [0.2, 0.25) is 0 Å². The first-order valence-electron chi connectivity index (χ1n) is 6.12. The Morgan fingerprint density at radius 2 is 2.18 bits per heavy atom. The van der Waals surface area contributed by atoms with E-state index in [1.165, 1.54) is 30.4 Å². The summed E-state index contributed by atoms with van der Waals surface area (Å²) in [6.45, 7) is 1.53. The lowest BCUT2D eigenvalue weighted by Crippen LogP contribution is -2.06. The molecule has 0 saturated heterocycles. The predicted octanol–water partition coefficient (Wildman–Crippen LogP) is 2.45. The fourth-order valence-corrected chi connectivity index (χ4v) is 2.33. The van der Waals surface area contributed by atoms with Gasteiger partial charge in [-0.1, -0.05) is 6.07 Å². The van der Waals surface area contributed by atoms with Crippen LogP contribution in [-0.4, -0.2) is 16.2 Å². The van der Waals surface area contributed by atoms with Crippen LogP contribution in [0.1, 0.15) is 17.5 Å². The molecule has 0 amide bonds. The van der Waals surface area contributed by atoms with Gasteiger partial charge in [0.2, 0.25) is 0 Å². The Balaban J connectivity index is 1.58. The van der Waals surface area contributed by atoms with Gasteiger partial charge in [0, 0.05) is 12.4 Å². The van der Waals surface area contributed by atoms with E-state index in [2.05, 4.69) is 23.2 Å². The molecule has 1 heterocycles. The van der Waals surface area contributed by atoms with Crippen molar-refractivity contribution >= 4 is 0 Å². The van der Waals surface area contributed by atoms with Gasteiger partial charge in [0.25, 0.3) is 0 Å². The predicted molar refractivity (Wildman–Crippen MR) is 66.2 cm³/mol. The SMILES string of the molecule is c1cn(CCOc2ccc3c(c2)CCC3)cn1. The van der Waals surface area contributed by atoms with Gasteiger partial charge in [-0.15, -0.1) is 0 Å². The van der Waals surface area contributed by atoms with E-state index in [-0.39, 0.29) is 0 Å². The molecule has 1 aliphatic carbocycles. The Labute approximate surface area is 101 Å². The maximum absolute atomic E-state index is 5.76. The normalized spacial score (nSPS) is 13.6. The molecule has 0 bridgehead atoms. The van der Waals surface area contributed by atoms with Crippen LogP contribution in [0.25, 0.3) is 0 Å². The molecule has 0 spiro atoms. The summed E-state index contributed by atoms with van der Waals surface area (Å²) in [5.41, 5.74) is 2.96. The Hall–Kier alpha value is -1.77. The molecule has 1 aromatic heterocycles. The lowest BCUT2D eigenvalue weighted by atomic mass is 10.1. The lowest BCUT2D eigenvalue weighted by molar-refractivity contribution is 0.298. The first-order valence-corrected chi connectivity index (χ1v) is 6.12. The molecule has 0 atom stereocenters. The number of aromatic nitrogens is 2. The fraction of sp³-hybridized carbons (Fsp3) is 0.357. The second-order valence-electron chi connectivity index (χ2n) is 4.43. The molecule has 0 unspecified atom stereocenters. The second-order valence-corrected chi connectivity index (χ2v) is 4.43. The fourth-order valence-electron chi connectivity index (χ4n) is 2.33. The molecule has 3 rings (SSSR count). The molecular weight excluding hydrogens is 212 g/mol. The first-order chi connectivity index (χ1) is 8.42. The molecule has 3 nitrogen and oxygen atoms in total. The van der Waals surface area contributed by atoms with Crippen molar-refractivity contribution in [2.45, 2.75) is 25.8 Å². The van der Waals surface area contributed by atoms with Gasteiger partial charge in [-0.2, -0.15) is 0 Å². The smallest absolute Gasteiger partial charge is 0.119 e. The van der Waals surface area contributed by atoms with Crippen molar-refractivity contribution in [3.63, 3.8) is 0 Å². The van der Waals surface area contributed by atoms with Crippen molar-refractivity contribution in [2.75, 3.05) is 6.61 Å². The minimum Gasteiger partial charge on any atom is -0.492 e. The molecule has 1 aliphatic rings. The molecule has 0 N–H and O–H groups in total. The summed E-state index contributed by atoms with van der Waals surface area (Å²) in [4.78, 5) is 4.00. The summed E-state index contributed by atoms with van der Waals surface area (Å²) in [5.74, 6) is 0.991. The molecule has 2 aromatic rings. The number of hydrogen-bond acceptors (Lipinski definition) is 2. The molecule has 0 saturated carbocycles. The number of fused-ring (bicyclic) bond motifs is 1. The Kier molecular flexibility index (Phi) is 2.82. The zero-order valence-electron chi connectivity index (χ0n) is 9.80. The van der Waals surface area contributed by atoms with E-state index >= 15 is 0 Å². The summed E-state index contributed by atoms with van der Waals surface area (Å²) in [6, 6.07) is 6.48. The third kappa shape index (κ3) is 2.33. The minimum absolute atomic E-state index is 0.690. The number of imidazole rings is 1. The maximum atomic E-state index is 5.76. The van der Waals surface area contributed by atoms with Crippen LogP contribution in [-0.2, 0) is 19.4 Å². The van der Waals surface area contributed by atoms with Crippen molar-refractivity contribution in [2.24, 2.45) is 0 Å². The second kappa shape index (κ2) is 4.62. The highest BCUT2D eigenvalue weighted by Gasteiger charge is 2.10. The monoisotopic (exact) mass is 228 g/mol. The standard InChI is InChI=1S/C14H16N2O/c1-2-12-4-5-14(10-13(12)3-1)17-9-8-16-7-6-15-11-16/h4-7,10-11H,1-3,8-9H2. The van der Waals surface area contributed by atoms with E-state index in [1.54, 1.807) is 6.20 Å². The van der Waals surface area contributed by atoms with Gasteiger partial charge in [0.1, 0.15) is 12.4 Å². The van der Waals surface area contributed by atoms with Crippen molar-refractivity contribution in [3.8, 4) is 5.75 Å². The van der Waals surface area contributed by atoms with Crippen molar-refractivity contribution in [1.82, 2.24) is 9.55 Å². The average molecular weight is 228 g/mol. The van der Waals surface area contributed by atoms with E-state index in [4.69, 9.17) is 4.74 Å². The number of nitrogens with zero attached hydrogens (tertiary/aromatic N) is 2. The zero-order valence-corrected chi connectivity index (χ0v) is 9.80. The summed E-state index contributed by atoms with van der Waals surface area (Å²) < 4.78 is 7.78. The summed E-state index contributed by atoms with van der Waals surface area (Å²) in [6.07, 6.45) is 9.26. The van der Waals surface area contributed by atoms with Gasteiger partial charge < -0.3 is 9.30 Å². The van der Waals surface area contributed by atoms with E-state index in [1.807, 2.05) is 17.1 Å². The molecule has 17 heavy (non-hydrogen) atoms. The van der Waals surface area contributed by atoms with Crippen molar-refractivity contribution in [1.29, 1.82) is 0 Å². The molecule has 0 aliphatic heterocycles. The van der Waals surface area contributed by atoms with Crippen LogP contribution in [0.5, 0.6) is 5.75 Å².